The molecule has 2 heteroatoms. The zero-order chi connectivity index (χ0) is 12.8. The minimum atomic E-state index is 0.507. The third-order valence-electron chi connectivity index (χ3n) is 4.30. The van der Waals surface area contributed by atoms with Gasteiger partial charge < -0.3 is 4.90 Å². The van der Waals surface area contributed by atoms with E-state index in [0.29, 0.717) is 5.25 Å². The highest BCUT2D eigenvalue weighted by Crippen LogP contribution is 2.57. The van der Waals surface area contributed by atoms with E-state index in [0.717, 1.165) is 18.4 Å². The van der Waals surface area contributed by atoms with Crippen molar-refractivity contribution < 1.29 is 0 Å². The van der Waals surface area contributed by atoms with Gasteiger partial charge in [-0.25, -0.2) is 0 Å². The summed E-state index contributed by atoms with van der Waals surface area (Å²) in [5, 5.41) is 0.507. The second kappa shape index (κ2) is 4.45. The van der Waals surface area contributed by atoms with E-state index in [2.05, 4.69) is 66.1 Å². The molecule has 0 aromatic heterocycles. The van der Waals surface area contributed by atoms with Crippen molar-refractivity contribution in [1.29, 1.82) is 0 Å². The highest BCUT2D eigenvalue weighted by molar-refractivity contribution is 8.04. The molecular formula is C17H19NS. The van der Waals surface area contributed by atoms with Crippen LogP contribution in [0, 0.1) is 11.8 Å². The van der Waals surface area contributed by atoms with Gasteiger partial charge in [-0.05, 0) is 36.8 Å². The maximum absolute atomic E-state index is 2.56. The number of rotatable bonds is 2. The molecule has 3 unspecified atom stereocenters. The van der Waals surface area contributed by atoms with E-state index in [-0.39, 0.29) is 0 Å². The number of allylic oxidation sites excluding steroid dienone is 7. The fourth-order valence-corrected chi connectivity index (χ4v) is 4.77. The number of hydrogen-bond acceptors (Lipinski definition) is 2. The zero-order valence-corrected chi connectivity index (χ0v) is 12.1. The quantitative estimate of drug-likeness (QED) is 0.737. The molecular weight excluding hydrogens is 250 g/mol. The van der Waals surface area contributed by atoms with Crippen molar-refractivity contribution >= 4 is 11.8 Å². The average Bonchev–Trinajstić information content (AvgIpc) is 3.21. The van der Waals surface area contributed by atoms with Gasteiger partial charge in [0.15, 0.2) is 0 Å². The summed E-state index contributed by atoms with van der Waals surface area (Å²) in [5.41, 5.74) is 2.94. The van der Waals surface area contributed by atoms with Gasteiger partial charge >= 0.3 is 0 Å². The second-order valence-electron chi connectivity index (χ2n) is 5.67. The molecule has 19 heavy (non-hydrogen) atoms. The molecule has 1 fully saturated rings. The van der Waals surface area contributed by atoms with Crippen LogP contribution in [-0.2, 0) is 0 Å². The van der Waals surface area contributed by atoms with E-state index < -0.39 is 0 Å². The van der Waals surface area contributed by atoms with E-state index in [1.807, 2.05) is 0 Å². The third-order valence-corrected chi connectivity index (χ3v) is 5.72. The molecule has 1 aliphatic heterocycles. The summed E-state index contributed by atoms with van der Waals surface area (Å²) in [6, 6.07) is 0. The van der Waals surface area contributed by atoms with E-state index in [1.165, 1.54) is 24.2 Å². The van der Waals surface area contributed by atoms with Crippen LogP contribution in [0.2, 0.25) is 0 Å². The molecule has 0 N–H and O–H groups in total. The van der Waals surface area contributed by atoms with Crippen LogP contribution in [-0.4, -0.2) is 16.7 Å². The Balaban J connectivity index is 1.79. The van der Waals surface area contributed by atoms with Crippen molar-refractivity contribution in [3.63, 3.8) is 0 Å². The molecule has 4 aliphatic rings. The van der Waals surface area contributed by atoms with Crippen LogP contribution < -0.4 is 0 Å². The SMILES string of the molecule is CCCN1C2=CC=CC=CC2SC2=C1C=CC1CC21. The molecule has 0 aromatic rings. The Morgan fingerprint density at radius 1 is 1.26 bits per heavy atom. The van der Waals surface area contributed by atoms with E-state index in [4.69, 9.17) is 0 Å². The van der Waals surface area contributed by atoms with Gasteiger partial charge in [-0.1, -0.05) is 37.3 Å². The molecule has 1 saturated carbocycles. The van der Waals surface area contributed by atoms with Gasteiger partial charge in [-0.15, -0.1) is 11.8 Å². The summed E-state index contributed by atoms with van der Waals surface area (Å²) in [6.45, 7) is 3.40. The minimum absolute atomic E-state index is 0.507. The Morgan fingerprint density at radius 3 is 3.11 bits per heavy atom. The van der Waals surface area contributed by atoms with Crippen molar-refractivity contribution in [3.05, 3.63) is 58.8 Å². The van der Waals surface area contributed by atoms with Crippen molar-refractivity contribution in [2.24, 2.45) is 11.8 Å². The lowest BCUT2D eigenvalue weighted by atomic mass is 10.1. The van der Waals surface area contributed by atoms with Crippen LogP contribution in [0.5, 0.6) is 0 Å². The predicted molar refractivity (Wildman–Crippen MR) is 82.5 cm³/mol. The lowest BCUT2D eigenvalue weighted by molar-refractivity contribution is 0.422. The normalized spacial score (nSPS) is 34.5. The highest BCUT2D eigenvalue weighted by atomic mass is 32.2. The molecule has 1 heterocycles. The molecule has 98 valence electrons. The van der Waals surface area contributed by atoms with Gasteiger partial charge in [0, 0.05) is 17.1 Å². The van der Waals surface area contributed by atoms with Crippen LogP contribution in [0.15, 0.2) is 58.8 Å². The minimum Gasteiger partial charge on any atom is -0.343 e. The van der Waals surface area contributed by atoms with Crippen LogP contribution in [0.4, 0.5) is 0 Å². The first kappa shape index (κ1) is 11.7. The topological polar surface area (TPSA) is 3.24 Å². The molecule has 4 rings (SSSR count). The Kier molecular flexibility index (Phi) is 2.73. The standard InChI is InChI=1S/C17H19NS/c1-2-10-18-14-6-4-3-5-7-16(14)19-17-13-11-12(13)8-9-15(17)18/h3-9,12-13,16H,2,10-11H2,1H3. The first-order valence-corrected chi connectivity index (χ1v) is 8.18. The molecule has 3 atom stereocenters. The van der Waals surface area contributed by atoms with Gasteiger partial charge in [0.2, 0.25) is 0 Å². The van der Waals surface area contributed by atoms with Gasteiger partial charge in [-0.3, -0.25) is 0 Å². The van der Waals surface area contributed by atoms with Crippen molar-refractivity contribution in [2.75, 3.05) is 6.54 Å². The van der Waals surface area contributed by atoms with E-state index >= 15 is 0 Å². The second-order valence-corrected chi connectivity index (χ2v) is 6.85. The molecule has 0 amide bonds. The predicted octanol–water partition coefficient (Wildman–Crippen LogP) is 4.24. The molecule has 0 aromatic carbocycles. The highest BCUT2D eigenvalue weighted by Gasteiger charge is 2.45. The van der Waals surface area contributed by atoms with Crippen molar-refractivity contribution in [1.82, 2.24) is 4.90 Å². The molecule has 1 nitrogen and oxygen atoms in total. The third kappa shape index (κ3) is 1.85. The Labute approximate surface area is 119 Å². The summed E-state index contributed by atoms with van der Waals surface area (Å²) in [6.07, 6.45) is 18.5. The molecule has 0 bridgehead atoms. The van der Waals surface area contributed by atoms with Crippen LogP contribution in [0.1, 0.15) is 19.8 Å². The summed E-state index contributed by atoms with van der Waals surface area (Å²) in [4.78, 5) is 4.20. The maximum Gasteiger partial charge on any atom is 0.0678 e. The fourth-order valence-electron chi connectivity index (χ4n) is 3.26. The number of thioether (sulfide) groups is 1. The fraction of sp³-hybridized carbons (Fsp3) is 0.412. The van der Waals surface area contributed by atoms with E-state index in [1.54, 1.807) is 4.91 Å². The first-order chi connectivity index (χ1) is 9.38. The molecule has 0 saturated heterocycles. The molecule has 0 radical (unpaired) electrons. The van der Waals surface area contributed by atoms with Crippen LogP contribution >= 0.6 is 11.8 Å². The smallest absolute Gasteiger partial charge is 0.0678 e. The number of fused-ring (bicyclic) bond motifs is 3. The average molecular weight is 269 g/mol. The zero-order valence-electron chi connectivity index (χ0n) is 11.3. The van der Waals surface area contributed by atoms with Crippen molar-refractivity contribution in [2.45, 2.75) is 25.0 Å². The first-order valence-electron chi connectivity index (χ1n) is 7.30. The molecule has 3 aliphatic carbocycles. The summed E-state index contributed by atoms with van der Waals surface area (Å²) >= 11 is 2.08. The summed E-state index contributed by atoms with van der Waals surface area (Å²) in [5.74, 6) is 1.67. The van der Waals surface area contributed by atoms with Gasteiger partial charge in [0.25, 0.3) is 0 Å². The number of nitrogens with zero attached hydrogens (tertiary/aromatic N) is 1. The largest absolute Gasteiger partial charge is 0.343 e. The lowest BCUT2D eigenvalue weighted by Crippen LogP contribution is -2.33. The van der Waals surface area contributed by atoms with Crippen molar-refractivity contribution in [3.8, 4) is 0 Å². The monoisotopic (exact) mass is 269 g/mol. The summed E-state index contributed by atoms with van der Waals surface area (Å²) in [7, 11) is 0. The Bertz CT molecular complexity index is 550. The maximum atomic E-state index is 2.56. The Hall–Kier alpha value is -1.15. The number of hydrogen-bond donors (Lipinski definition) is 0. The van der Waals surface area contributed by atoms with Gasteiger partial charge in [0.1, 0.15) is 0 Å². The lowest BCUT2D eigenvalue weighted by Gasteiger charge is -2.39. The van der Waals surface area contributed by atoms with Crippen LogP contribution in [0.3, 0.4) is 0 Å². The Morgan fingerprint density at radius 2 is 2.21 bits per heavy atom. The van der Waals surface area contributed by atoms with Gasteiger partial charge in [0.05, 0.1) is 10.9 Å². The van der Waals surface area contributed by atoms with Crippen LogP contribution in [0.25, 0.3) is 0 Å². The van der Waals surface area contributed by atoms with Gasteiger partial charge in [-0.2, -0.15) is 0 Å². The summed E-state index contributed by atoms with van der Waals surface area (Å²) < 4.78 is 0. The molecule has 0 spiro atoms. The van der Waals surface area contributed by atoms with E-state index in [9.17, 15) is 0 Å².